The minimum absolute atomic E-state index is 0.360. The Balaban J connectivity index is 2.96. The molecule has 1 aromatic rings. The van der Waals surface area contributed by atoms with Crippen LogP contribution in [0.4, 0.5) is 5.69 Å². The Bertz CT molecular complexity index is 357. The van der Waals surface area contributed by atoms with E-state index in [1.807, 2.05) is 18.8 Å². The lowest BCUT2D eigenvalue weighted by molar-refractivity contribution is 0.650. The van der Waals surface area contributed by atoms with Crippen LogP contribution in [0.15, 0.2) is 22.7 Å². The van der Waals surface area contributed by atoms with Crippen molar-refractivity contribution < 1.29 is 0 Å². The summed E-state index contributed by atoms with van der Waals surface area (Å²) in [6.45, 7) is 3.26. The number of benzene rings is 1. The third-order valence-electron chi connectivity index (χ3n) is 2.93. The molecule has 0 aliphatic rings. The summed E-state index contributed by atoms with van der Waals surface area (Å²) in [5.74, 6) is 1.15. The van der Waals surface area contributed by atoms with Crippen LogP contribution in [-0.2, 0) is 0 Å². The van der Waals surface area contributed by atoms with Gasteiger partial charge in [-0.3, -0.25) is 0 Å². The predicted molar refractivity (Wildman–Crippen MR) is 83.3 cm³/mol. The van der Waals surface area contributed by atoms with Crippen LogP contribution in [0.1, 0.15) is 18.5 Å². The van der Waals surface area contributed by atoms with Crippen molar-refractivity contribution in [3.63, 3.8) is 0 Å². The van der Waals surface area contributed by atoms with Gasteiger partial charge in [-0.25, -0.2) is 0 Å². The van der Waals surface area contributed by atoms with E-state index < -0.39 is 0 Å². The van der Waals surface area contributed by atoms with Gasteiger partial charge >= 0.3 is 0 Å². The summed E-state index contributed by atoms with van der Waals surface area (Å²) in [4.78, 5) is 2.33. The van der Waals surface area contributed by atoms with E-state index in [0.717, 1.165) is 16.8 Å². The fraction of sp³-hybridized carbons (Fsp3) is 0.538. The minimum atomic E-state index is 0.360. The van der Waals surface area contributed by atoms with Crippen LogP contribution < -0.4 is 10.2 Å². The van der Waals surface area contributed by atoms with E-state index in [1.165, 1.54) is 11.3 Å². The van der Waals surface area contributed by atoms with Crippen LogP contribution in [0, 0.1) is 0 Å². The summed E-state index contributed by atoms with van der Waals surface area (Å²) in [7, 11) is 4.16. The Morgan fingerprint density at radius 1 is 1.47 bits per heavy atom. The second-order valence-electron chi connectivity index (χ2n) is 4.13. The van der Waals surface area contributed by atoms with Crippen LogP contribution in [0.3, 0.4) is 0 Å². The van der Waals surface area contributed by atoms with E-state index in [2.05, 4.69) is 64.6 Å². The topological polar surface area (TPSA) is 15.3 Å². The second kappa shape index (κ2) is 7.29. The maximum Gasteiger partial charge on any atom is 0.0413 e. The molecule has 4 heteroatoms. The highest BCUT2D eigenvalue weighted by Crippen LogP contribution is 2.28. The number of halogens is 1. The average molecular weight is 317 g/mol. The molecule has 17 heavy (non-hydrogen) atoms. The summed E-state index contributed by atoms with van der Waals surface area (Å²) in [5.41, 5.74) is 2.65. The van der Waals surface area contributed by atoms with E-state index in [-0.39, 0.29) is 0 Å². The molecule has 0 fully saturated rings. The fourth-order valence-corrected chi connectivity index (χ4v) is 2.56. The molecular weight excluding hydrogens is 296 g/mol. The largest absolute Gasteiger partial charge is 0.373 e. The van der Waals surface area contributed by atoms with Gasteiger partial charge in [0.1, 0.15) is 0 Å². The molecule has 0 aliphatic heterocycles. The Kier molecular flexibility index (Phi) is 6.38. The first-order chi connectivity index (χ1) is 8.10. The predicted octanol–water partition coefficient (Wildman–Crippen LogP) is 3.53. The van der Waals surface area contributed by atoms with E-state index in [9.17, 15) is 0 Å². The van der Waals surface area contributed by atoms with Crippen molar-refractivity contribution in [1.29, 1.82) is 0 Å². The minimum Gasteiger partial charge on any atom is -0.373 e. The molecule has 2 nitrogen and oxygen atoms in total. The van der Waals surface area contributed by atoms with E-state index >= 15 is 0 Å². The van der Waals surface area contributed by atoms with E-state index in [0.29, 0.717) is 6.04 Å². The second-order valence-corrected chi connectivity index (χ2v) is 6.03. The van der Waals surface area contributed by atoms with Gasteiger partial charge in [-0.15, -0.1) is 0 Å². The molecule has 0 amide bonds. The molecule has 1 N–H and O–H groups in total. The highest BCUT2D eigenvalue weighted by atomic mass is 79.9. The molecule has 0 bridgehead atoms. The molecule has 0 heterocycles. The highest BCUT2D eigenvalue weighted by molar-refractivity contribution is 9.10. The number of hydrogen-bond donors (Lipinski definition) is 1. The van der Waals surface area contributed by atoms with Crippen molar-refractivity contribution in [2.75, 3.05) is 37.5 Å². The van der Waals surface area contributed by atoms with Gasteiger partial charge in [0.25, 0.3) is 0 Å². The summed E-state index contributed by atoms with van der Waals surface area (Å²) < 4.78 is 1.14. The highest BCUT2D eigenvalue weighted by Gasteiger charge is 2.12. The Labute approximate surface area is 117 Å². The van der Waals surface area contributed by atoms with Crippen molar-refractivity contribution >= 4 is 33.4 Å². The molecule has 1 atom stereocenters. The van der Waals surface area contributed by atoms with Crippen LogP contribution in [0.25, 0.3) is 0 Å². The van der Waals surface area contributed by atoms with Gasteiger partial charge in [0.2, 0.25) is 0 Å². The van der Waals surface area contributed by atoms with Crippen LogP contribution in [0.5, 0.6) is 0 Å². The summed E-state index contributed by atoms with van der Waals surface area (Å²) in [6.07, 6.45) is 2.15. The molecule has 0 aliphatic carbocycles. The van der Waals surface area contributed by atoms with E-state index in [1.54, 1.807) is 0 Å². The summed E-state index contributed by atoms with van der Waals surface area (Å²) in [5, 5.41) is 3.31. The van der Waals surface area contributed by atoms with Crippen molar-refractivity contribution in [2.45, 2.75) is 13.0 Å². The lowest BCUT2D eigenvalue weighted by Gasteiger charge is -2.25. The number of rotatable bonds is 6. The maximum atomic E-state index is 3.55. The SMILES string of the molecule is CNC(C)c1cc(Br)ccc1N(C)CCSC. The molecule has 1 rings (SSSR count). The molecule has 0 aromatic heterocycles. The lowest BCUT2D eigenvalue weighted by atomic mass is 10.1. The number of hydrogen-bond acceptors (Lipinski definition) is 3. The molecule has 1 unspecified atom stereocenters. The monoisotopic (exact) mass is 316 g/mol. The van der Waals surface area contributed by atoms with E-state index in [4.69, 9.17) is 0 Å². The summed E-state index contributed by atoms with van der Waals surface area (Å²) >= 11 is 5.43. The third-order valence-corrected chi connectivity index (χ3v) is 4.02. The van der Waals surface area contributed by atoms with Crippen molar-refractivity contribution in [3.8, 4) is 0 Å². The Morgan fingerprint density at radius 2 is 2.18 bits per heavy atom. The quantitative estimate of drug-likeness (QED) is 0.864. The van der Waals surface area contributed by atoms with Crippen molar-refractivity contribution in [3.05, 3.63) is 28.2 Å². The third kappa shape index (κ3) is 4.19. The first-order valence-corrected chi connectivity index (χ1v) is 7.95. The maximum absolute atomic E-state index is 3.55. The first kappa shape index (κ1) is 14.9. The molecule has 0 spiro atoms. The fourth-order valence-electron chi connectivity index (χ4n) is 1.72. The van der Waals surface area contributed by atoms with Crippen LogP contribution in [-0.4, -0.2) is 32.6 Å². The molecule has 0 radical (unpaired) electrons. The lowest BCUT2D eigenvalue weighted by Crippen LogP contribution is -2.24. The van der Waals surface area contributed by atoms with Crippen LogP contribution >= 0.6 is 27.7 Å². The molecule has 1 aromatic carbocycles. The zero-order chi connectivity index (χ0) is 12.8. The number of nitrogens with zero attached hydrogens (tertiary/aromatic N) is 1. The van der Waals surface area contributed by atoms with Crippen LogP contribution in [0.2, 0.25) is 0 Å². The van der Waals surface area contributed by atoms with Gasteiger partial charge in [-0.1, -0.05) is 15.9 Å². The van der Waals surface area contributed by atoms with Crippen molar-refractivity contribution in [2.24, 2.45) is 0 Å². The molecular formula is C13H21BrN2S. The standard InChI is InChI=1S/C13H21BrN2S/c1-10(15-2)12-9-11(14)5-6-13(12)16(3)7-8-17-4/h5-6,9-10,15H,7-8H2,1-4H3. The molecule has 96 valence electrons. The summed E-state index contributed by atoms with van der Waals surface area (Å²) in [6, 6.07) is 6.86. The zero-order valence-corrected chi connectivity index (χ0v) is 13.4. The van der Waals surface area contributed by atoms with Gasteiger partial charge in [-0.05, 0) is 44.0 Å². The Hall–Kier alpha value is -0.190. The number of thioether (sulfide) groups is 1. The smallest absolute Gasteiger partial charge is 0.0413 e. The molecule has 0 saturated carbocycles. The van der Waals surface area contributed by atoms with Crippen molar-refractivity contribution in [1.82, 2.24) is 5.32 Å². The van der Waals surface area contributed by atoms with Gasteiger partial charge in [0, 0.05) is 35.5 Å². The van der Waals surface area contributed by atoms with Gasteiger partial charge < -0.3 is 10.2 Å². The zero-order valence-electron chi connectivity index (χ0n) is 11.0. The first-order valence-electron chi connectivity index (χ1n) is 5.77. The Morgan fingerprint density at radius 3 is 2.76 bits per heavy atom. The van der Waals surface area contributed by atoms with Gasteiger partial charge in [0.05, 0.1) is 0 Å². The van der Waals surface area contributed by atoms with Gasteiger partial charge in [-0.2, -0.15) is 11.8 Å². The average Bonchev–Trinajstić information content (AvgIpc) is 2.34. The molecule has 0 saturated heterocycles. The normalized spacial score (nSPS) is 12.5. The van der Waals surface area contributed by atoms with Gasteiger partial charge in [0.15, 0.2) is 0 Å². The number of anilines is 1. The number of nitrogens with one attached hydrogen (secondary N) is 1.